The summed E-state index contributed by atoms with van der Waals surface area (Å²) in [6.45, 7) is 3.85. The molecule has 0 aromatic heterocycles. The Balaban J connectivity index is 1.67. The third-order valence-corrected chi connectivity index (χ3v) is 5.54. The van der Waals surface area contributed by atoms with Crippen molar-refractivity contribution in [2.24, 2.45) is 5.41 Å². The van der Waals surface area contributed by atoms with Crippen molar-refractivity contribution < 1.29 is 14.3 Å². The summed E-state index contributed by atoms with van der Waals surface area (Å²) in [5.41, 5.74) is 1.13. The van der Waals surface area contributed by atoms with Crippen molar-refractivity contribution in [2.75, 3.05) is 32.8 Å². The van der Waals surface area contributed by atoms with Crippen molar-refractivity contribution in [1.82, 2.24) is 9.80 Å². The van der Waals surface area contributed by atoms with Gasteiger partial charge in [0.15, 0.2) is 0 Å². The first-order valence-electron chi connectivity index (χ1n) is 8.56. The summed E-state index contributed by atoms with van der Waals surface area (Å²) in [4.78, 5) is 16.2. The molecule has 2 saturated heterocycles. The van der Waals surface area contributed by atoms with Gasteiger partial charge in [-0.1, -0.05) is 17.7 Å². The van der Waals surface area contributed by atoms with Crippen LogP contribution in [0.25, 0.3) is 0 Å². The molecule has 2 aliphatic rings. The standard InChI is InChI=1S/C18H24ClFN2O2/c19-15-10-14(2-3-16(15)20)11-21-7-1-5-18(12-21)6-4-17(24)22(13-18)8-9-23/h2-3,10,23H,1,4-9,11-13H2/t18-/m1/s1. The van der Waals surface area contributed by atoms with Gasteiger partial charge in [0.25, 0.3) is 0 Å². The number of hydrogen-bond donors (Lipinski definition) is 1. The lowest BCUT2D eigenvalue weighted by atomic mass is 9.73. The molecule has 0 saturated carbocycles. The molecule has 4 nitrogen and oxygen atoms in total. The molecule has 1 atom stereocenters. The van der Waals surface area contributed by atoms with E-state index in [4.69, 9.17) is 11.6 Å². The molecule has 6 heteroatoms. The second-order valence-electron chi connectivity index (χ2n) is 7.10. The van der Waals surface area contributed by atoms with Gasteiger partial charge in [-0.2, -0.15) is 0 Å². The highest BCUT2D eigenvalue weighted by molar-refractivity contribution is 6.30. The second kappa shape index (κ2) is 7.38. The highest BCUT2D eigenvalue weighted by Gasteiger charge is 2.41. The van der Waals surface area contributed by atoms with E-state index in [1.165, 1.54) is 6.07 Å². The lowest BCUT2D eigenvalue weighted by Gasteiger charge is -2.48. The first kappa shape index (κ1) is 17.6. The van der Waals surface area contributed by atoms with Crippen LogP contribution in [-0.4, -0.2) is 53.6 Å². The fourth-order valence-electron chi connectivity index (χ4n) is 4.10. The number of nitrogens with zero attached hydrogens (tertiary/aromatic N) is 2. The van der Waals surface area contributed by atoms with Crippen LogP contribution in [-0.2, 0) is 11.3 Å². The Hall–Kier alpha value is -1.17. The Kier molecular flexibility index (Phi) is 5.42. The van der Waals surface area contributed by atoms with Crippen LogP contribution in [0.2, 0.25) is 5.02 Å². The fraction of sp³-hybridized carbons (Fsp3) is 0.611. The van der Waals surface area contributed by atoms with Crippen LogP contribution in [0.3, 0.4) is 0 Å². The number of aliphatic hydroxyl groups excluding tert-OH is 1. The minimum absolute atomic E-state index is 0.0135. The molecule has 1 aromatic carbocycles. The summed E-state index contributed by atoms with van der Waals surface area (Å²) in [7, 11) is 0. The number of benzene rings is 1. The van der Waals surface area contributed by atoms with Crippen LogP contribution in [0.1, 0.15) is 31.2 Å². The number of rotatable bonds is 4. The number of carbonyl (C=O) groups is 1. The fourth-order valence-corrected chi connectivity index (χ4v) is 4.30. The van der Waals surface area contributed by atoms with Crippen LogP contribution in [0.4, 0.5) is 4.39 Å². The molecule has 0 radical (unpaired) electrons. The number of β-amino-alcohol motifs (C(OH)–C–C–N with tert-alkyl or cyclic N) is 1. The number of halogens is 2. The number of hydrogen-bond acceptors (Lipinski definition) is 3. The summed E-state index contributed by atoms with van der Waals surface area (Å²) in [5, 5.41) is 9.33. The van der Waals surface area contributed by atoms with Crippen molar-refractivity contribution in [3.8, 4) is 0 Å². The lowest BCUT2D eigenvalue weighted by molar-refractivity contribution is -0.140. The average molecular weight is 355 g/mol. The van der Waals surface area contributed by atoms with Gasteiger partial charge < -0.3 is 10.0 Å². The zero-order chi connectivity index (χ0) is 17.2. The Morgan fingerprint density at radius 2 is 2.12 bits per heavy atom. The van der Waals surface area contributed by atoms with Gasteiger partial charge in [-0.25, -0.2) is 4.39 Å². The smallest absolute Gasteiger partial charge is 0.222 e. The summed E-state index contributed by atoms with van der Waals surface area (Å²) >= 11 is 5.88. The van der Waals surface area contributed by atoms with Crippen molar-refractivity contribution in [1.29, 1.82) is 0 Å². The lowest BCUT2D eigenvalue weighted by Crippen LogP contribution is -2.54. The van der Waals surface area contributed by atoms with Crippen LogP contribution in [0.15, 0.2) is 18.2 Å². The van der Waals surface area contributed by atoms with Gasteiger partial charge in [-0.15, -0.1) is 0 Å². The van der Waals surface area contributed by atoms with Gasteiger partial charge in [0.05, 0.1) is 11.6 Å². The Bertz CT molecular complexity index is 613. The molecule has 1 aromatic rings. The number of piperidine rings is 2. The molecule has 2 heterocycles. The molecule has 24 heavy (non-hydrogen) atoms. The molecule has 3 rings (SSSR count). The Morgan fingerprint density at radius 1 is 1.29 bits per heavy atom. The van der Waals surface area contributed by atoms with Crippen molar-refractivity contribution in [3.05, 3.63) is 34.6 Å². The summed E-state index contributed by atoms with van der Waals surface area (Å²) in [5.74, 6) is -0.238. The number of aliphatic hydroxyl groups is 1. The van der Waals surface area contributed by atoms with E-state index in [1.54, 1.807) is 12.1 Å². The summed E-state index contributed by atoms with van der Waals surface area (Å²) in [6, 6.07) is 4.89. The third kappa shape index (κ3) is 3.90. The molecule has 1 amide bonds. The third-order valence-electron chi connectivity index (χ3n) is 5.25. The SMILES string of the molecule is O=C1CC[C@@]2(CCCN(Cc3ccc(F)c(Cl)c3)C2)CN1CCO. The molecule has 1 N–H and O–H groups in total. The van der Waals surface area contributed by atoms with Crippen LogP contribution in [0.5, 0.6) is 0 Å². The van der Waals surface area contributed by atoms with E-state index in [-0.39, 0.29) is 28.8 Å². The maximum Gasteiger partial charge on any atom is 0.222 e. The number of carbonyl (C=O) groups excluding carboxylic acids is 1. The van der Waals surface area contributed by atoms with Crippen LogP contribution in [0, 0.1) is 11.2 Å². The van der Waals surface area contributed by atoms with E-state index in [2.05, 4.69) is 4.90 Å². The molecule has 0 bridgehead atoms. The van der Waals surface area contributed by atoms with Crippen molar-refractivity contribution in [3.63, 3.8) is 0 Å². The molecule has 132 valence electrons. The van der Waals surface area contributed by atoms with Gasteiger partial charge in [0.2, 0.25) is 5.91 Å². The zero-order valence-corrected chi connectivity index (χ0v) is 14.6. The molecule has 0 aliphatic carbocycles. The topological polar surface area (TPSA) is 43.8 Å². The summed E-state index contributed by atoms with van der Waals surface area (Å²) in [6.07, 6.45) is 3.68. The van der Waals surface area contributed by atoms with E-state index >= 15 is 0 Å². The van der Waals surface area contributed by atoms with E-state index in [1.807, 2.05) is 4.90 Å². The number of amides is 1. The van der Waals surface area contributed by atoms with Crippen molar-refractivity contribution >= 4 is 17.5 Å². The molecule has 1 spiro atoms. The largest absolute Gasteiger partial charge is 0.395 e. The predicted octanol–water partition coefficient (Wildman–Crippen LogP) is 2.68. The highest BCUT2D eigenvalue weighted by atomic mass is 35.5. The minimum atomic E-state index is -0.388. The second-order valence-corrected chi connectivity index (χ2v) is 7.51. The van der Waals surface area contributed by atoms with Gasteiger partial charge in [-0.3, -0.25) is 9.69 Å². The van der Waals surface area contributed by atoms with Gasteiger partial charge in [-0.05, 0) is 43.5 Å². The quantitative estimate of drug-likeness (QED) is 0.904. The molecular weight excluding hydrogens is 331 g/mol. The molecule has 2 aliphatic heterocycles. The monoisotopic (exact) mass is 354 g/mol. The van der Waals surface area contributed by atoms with E-state index < -0.39 is 0 Å². The maximum absolute atomic E-state index is 13.3. The van der Waals surface area contributed by atoms with E-state index in [0.717, 1.165) is 51.0 Å². The van der Waals surface area contributed by atoms with Gasteiger partial charge in [0.1, 0.15) is 5.82 Å². The predicted molar refractivity (Wildman–Crippen MR) is 91.3 cm³/mol. The van der Waals surface area contributed by atoms with Crippen LogP contribution < -0.4 is 0 Å². The Labute approximate surface area is 147 Å². The minimum Gasteiger partial charge on any atom is -0.395 e. The molecule has 0 unspecified atom stereocenters. The van der Waals surface area contributed by atoms with Crippen LogP contribution >= 0.6 is 11.6 Å². The van der Waals surface area contributed by atoms with Crippen molar-refractivity contribution in [2.45, 2.75) is 32.2 Å². The summed E-state index contributed by atoms with van der Waals surface area (Å²) < 4.78 is 13.3. The Morgan fingerprint density at radius 3 is 2.88 bits per heavy atom. The number of likely N-dealkylation sites (tertiary alicyclic amines) is 2. The average Bonchev–Trinajstić information content (AvgIpc) is 2.55. The normalized spacial score (nSPS) is 25.5. The molecule has 2 fully saturated rings. The zero-order valence-electron chi connectivity index (χ0n) is 13.8. The van der Waals surface area contributed by atoms with Gasteiger partial charge >= 0.3 is 0 Å². The van der Waals surface area contributed by atoms with E-state index in [9.17, 15) is 14.3 Å². The first-order chi connectivity index (χ1) is 11.5. The highest BCUT2D eigenvalue weighted by Crippen LogP contribution is 2.39. The molecular formula is C18H24ClFN2O2. The van der Waals surface area contributed by atoms with Gasteiger partial charge in [0, 0.05) is 38.0 Å². The first-order valence-corrected chi connectivity index (χ1v) is 8.94. The van der Waals surface area contributed by atoms with E-state index in [0.29, 0.717) is 13.0 Å². The maximum atomic E-state index is 13.3.